The maximum Gasteiger partial charge on any atom is 0.231 e. The molecule has 166 valence electrons. The first-order chi connectivity index (χ1) is 14.4. The second-order valence-electron chi connectivity index (χ2n) is 10.1. The number of nitrogens with zero attached hydrogens (tertiary/aromatic N) is 7. The SMILES string of the molecule is CNc1nc(N(C)C2CC3CCC(C2)N3C)nc(N(C)C2CC3CCC(C2)N3C)n1. The first kappa shape index (κ1) is 20.2. The van der Waals surface area contributed by atoms with Gasteiger partial charge in [-0.25, -0.2) is 0 Å². The second kappa shape index (κ2) is 7.79. The third-order valence-corrected chi connectivity index (χ3v) is 8.71. The molecule has 1 aromatic rings. The summed E-state index contributed by atoms with van der Waals surface area (Å²) in [7, 11) is 10.8. The smallest absolute Gasteiger partial charge is 0.231 e. The maximum atomic E-state index is 4.97. The number of rotatable bonds is 5. The Morgan fingerprint density at radius 3 is 1.40 bits per heavy atom. The summed E-state index contributed by atoms with van der Waals surface area (Å²) in [5, 5.41) is 3.17. The van der Waals surface area contributed by atoms with Crippen LogP contribution in [0.15, 0.2) is 0 Å². The minimum atomic E-state index is 0.503. The molecule has 0 amide bonds. The van der Waals surface area contributed by atoms with Crippen molar-refractivity contribution in [3.05, 3.63) is 0 Å². The molecule has 1 N–H and O–H groups in total. The van der Waals surface area contributed by atoms with Crippen LogP contribution in [0.1, 0.15) is 51.4 Å². The molecule has 5 heterocycles. The highest BCUT2D eigenvalue weighted by atomic mass is 15.4. The van der Waals surface area contributed by atoms with E-state index < -0.39 is 0 Å². The monoisotopic (exact) mass is 414 g/mol. The van der Waals surface area contributed by atoms with Gasteiger partial charge in [-0.2, -0.15) is 15.0 Å². The molecule has 4 aliphatic rings. The molecule has 8 heteroatoms. The second-order valence-corrected chi connectivity index (χ2v) is 10.1. The highest BCUT2D eigenvalue weighted by Crippen LogP contribution is 2.38. The number of fused-ring (bicyclic) bond motifs is 4. The van der Waals surface area contributed by atoms with Crippen molar-refractivity contribution in [1.29, 1.82) is 0 Å². The predicted molar refractivity (Wildman–Crippen MR) is 121 cm³/mol. The molecule has 0 saturated carbocycles. The Labute approximate surface area is 181 Å². The highest BCUT2D eigenvalue weighted by molar-refractivity contribution is 5.46. The molecule has 4 bridgehead atoms. The van der Waals surface area contributed by atoms with Crippen LogP contribution in [0.3, 0.4) is 0 Å². The van der Waals surface area contributed by atoms with Gasteiger partial charge < -0.3 is 24.9 Å². The normalized spacial score (nSPS) is 36.2. The summed E-state index contributed by atoms with van der Waals surface area (Å²) in [5.41, 5.74) is 0. The molecular formula is C22H38N8. The van der Waals surface area contributed by atoms with Crippen molar-refractivity contribution < 1.29 is 0 Å². The minimum Gasteiger partial charge on any atom is -0.357 e. The topological polar surface area (TPSA) is 63.7 Å². The molecule has 0 radical (unpaired) electrons. The summed E-state index contributed by atoms with van der Waals surface area (Å²) in [4.78, 5) is 24.3. The van der Waals surface area contributed by atoms with Crippen molar-refractivity contribution in [3.8, 4) is 0 Å². The fraction of sp³-hybridized carbons (Fsp3) is 0.864. The maximum absolute atomic E-state index is 4.97. The van der Waals surface area contributed by atoms with Crippen molar-refractivity contribution >= 4 is 17.8 Å². The van der Waals surface area contributed by atoms with Gasteiger partial charge in [0.2, 0.25) is 17.8 Å². The number of hydrogen-bond acceptors (Lipinski definition) is 8. The lowest BCUT2D eigenvalue weighted by Crippen LogP contribution is -2.49. The molecule has 4 atom stereocenters. The van der Waals surface area contributed by atoms with Crippen LogP contribution in [0.2, 0.25) is 0 Å². The van der Waals surface area contributed by atoms with Gasteiger partial charge in [0, 0.05) is 57.4 Å². The van der Waals surface area contributed by atoms with Gasteiger partial charge in [0.15, 0.2) is 0 Å². The van der Waals surface area contributed by atoms with E-state index in [2.05, 4.69) is 53.1 Å². The first-order valence-electron chi connectivity index (χ1n) is 11.8. The largest absolute Gasteiger partial charge is 0.357 e. The Bertz CT molecular complexity index is 685. The molecule has 0 aromatic carbocycles. The third-order valence-electron chi connectivity index (χ3n) is 8.71. The number of hydrogen-bond donors (Lipinski definition) is 1. The Morgan fingerprint density at radius 2 is 1.07 bits per heavy atom. The molecular weight excluding hydrogens is 376 g/mol. The van der Waals surface area contributed by atoms with Crippen LogP contribution >= 0.6 is 0 Å². The molecule has 8 nitrogen and oxygen atoms in total. The molecule has 0 spiro atoms. The molecule has 0 aliphatic carbocycles. The number of anilines is 3. The fourth-order valence-electron chi connectivity index (χ4n) is 6.51. The van der Waals surface area contributed by atoms with Gasteiger partial charge in [-0.3, -0.25) is 0 Å². The zero-order valence-corrected chi connectivity index (χ0v) is 19.3. The van der Waals surface area contributed by atoms with Crippen LogP contribution in [0.5, 0.6) is 0 Å². The zero-order chi connectivity index (χ0) is 21.0. The molecule has 4 saturated heterocycles. The van der Waals surface area contributed by atoms with E-state index in [-0.39, 0.29) is 0 Å². The van der Waals surface area contributed by atoms with Gasteiger partial charge >= 0.3 is 0 Å². The minimum absolute atomic E-state index is 0.503. The average Bonchev–Trinajstić information content (AvgIpc) is 3.09. The van der Waals surface area contributed by atoms with E-state index in [9.17, 15) is 0 Å². The van der Waals surface area contributed by atoms with E-state index >= 15 is 0 Å². The lowest BCUT2D eigenvalue weighted by atomic mass is 9.97. The van der Waals surface area contributed by atoms with Gasteiger partial charge in [0.1, 0.15) is 0 Å². The van der Waals surface area contributed by atoms with Crippen LogP contribution in [-0.2, 0) is 0 Å². The van der Waals surface area contributed by atoms with Crippen molar-refractivity contribution in [2.45, 2.75) is 87.6 Å². The summed E-state index contributed by atoms with van der Waals surface area (Å²) >= 11 is 0. The van der Waals surface area contributed by atoms with E-state index in [1.807, 2.05) is 7.05 Å². The fourth-order valence-corrected chi connectivity index (χ4v) is 6.51. The number of aromatic nitrogens is 3. The summed E-state index contributed by atoms with van der Waals surface area (Å²) in [5.74, 6) is 2.28. The van der Waals surface area contributed by atoms with Crippen molar-refractivity contribution in [3.63, 3.8) is 0 Å². The van der Waals surface area contributed by atoms with E-state index in [0.29, 0.717) is 42.2 Å². The molecule has 1 aromatic heterocycles. The van der Waals surface area contributed by atoms with Gasteiger partial charge in [-0.1, -0.05) is 0 Å². The predicted octanol–water partition coefficient (Wildman–Crippen LogP) is 2.04. The average molecular weight is 415 g/mol. The number of piperidine rings is 2. The Morgan fingerprint density at radius 1 is 0.700 bits per heavy atom. The molecule has 4 aliphatic heterocycles. The molecule has 5 rings (SSSR count). The summed E-state index contributed by atoms with van der Waals surface area (Å²) < 4.78 is 0. The molecule has 30 heavy (non-hydrogen) atoms. The standard InChI is InChI=1S/C22H38N8/c1-23-20-24-21(29(4)18-10-14-6-7-15(11-18)27(14)2)26-22(25-20)30(5)19-12-16-8-9-17(13-19)28(16)3/h14-19H,6-13H2,1-5H3,(H,23,24,25,26). The Balaban J connectivity index is 1.36. The van der Waals surface area contributed by atoms with Crippen molar-refractivity contribution in [2.24, 2.45) is 0 Å². The van der Waals surface area contributed by atoms with Crippen LogP contribution in [0.4, 0.5) is 17.8 Å². The molecule has 4 fully saturated rings. The molecule has 4 unspecified atom stereocenters. The lowest BCUT2D eigenvalue weighted by molar-refractivity contribution is 0.160. The van der Waals surface area contributed by atoms with E-state index in [0.717, 1.165) is 11.9 Å². The summed E-state index contributed by atoms with van der Waals surface area (Å²) in [6, 6.07) is 3.83. The first-order valence-corrected chi connectivity index (χ1v) is 11.8. The van der Waals surface area contributed by atoms with E-state index in [1.54, 1.807) is 0 Å². The summed E-state index contributed by atoms with van der Waals surface area (Å²) in [6.45, 7) is 0. The lowest BCUT2D eigenvalue weighted by Gasteiger charge is -2.41. The summed E-state index contributed by atoms with van der Waals surface area (Å²) in [6.07, 6.45) is 10.1. The van der Waals surface area contributed by atoms with Crippen LogP contribution < -0.4 is 15.1 Å². The highest BCUT2D eigenvalue weighted by Gasteiger charge is 2.42. The van der Waals surface area contributed by atoms with Crippen LogP contribution in [0.25, 0.3) is 0 Å². The van der Waals surface area contributed by atoms with E-state index in [4.69, 9.17) is 15.0 Å². The van der Waals surface area contributed by atoms with E-state index in [1.165, 1.54) is 51.4 Å². The third kappa shape index (κ3) is 3.42. The van der Waals surface area contributed by atoms with Crippen molar-refractivity contribution in [1.82, 2.24) is 24.8 Å². The zero-order valence-electron chi connectivity index (χ0n) is 19.3. The van der Waals surface area contributed by atoms with Crippen LogP contribution in [-0.4, -0.2) is 96.2 Å². The van der Waals surface area contributed by atoms with Gasteiger partial charge in [-0.05, 0) is 65.5 Å². The quantitative estimate of drug-likeness (QED) is 0.785. The Hall–Kier alpha value is -1.67. The Kier molecular flexibility index (Phi) is 5.25. The van der Waals surface area contributed by atoms with Gasteiger partial charge in [-0.15, -0.1) is 0 Å². The van der Waals surface area contributed by atoms with Gasteiger partial charge in [0.25, 0.3) is 0 Å². The van der Waals surface area contributed by atoms with Crippen LogP contribution in [0, 0.1) is 0 Å². The number of nitrogens with one attached hydrogen (secondary N) is 1. The van der Waals surface area contributed by atoms with Gasteiger partial charge in [0.05, 0.1) is 0 Å². The van der Waals surface area contributed by atoms with Crippen molar-refractivity contribution in [2.75, 3.05) is 50.4 Å².